The number of hydrogen-bond donors (Lipinski definition) is 1. The fourth-order valence-corrected chi connectivity index (χ4v) is 3.15. The highest BCUT2D eigenvalue weighted by atomic mass is 15.3. The van der Waals surface area contributed by atoms with Crippen molar-refractivity contribution < 1.29 is 0 Å². The molecule has 0 spiro atoms. The molecule has 0 saturated carbocycles. The molecule has 2 rings (SSSR count). The van der Waals surface area contributed by atoms with E-state index in [2.05, 4.69) is 48.1 Å². The molecule has 2 atom stereocenters. The van der Waals surface area contributed by atoms with E-state index in [1.165, 1.54) is 12.8 Å². The lowest BCUT2D eigenvalue weighted by atomic mass is 9.92. The predicted octanol–water partition coefficient (Wildman–Crippen LogP) is 2.21. The Morgan fingerprint density at radius 2 is 1.95 bits per heavy atom. The molecule has 1 aromatic heterocycles. The molecule has 0 aromatic carbocycles. The number of anilines is 1. The minimum absolute atomic E-state index is 0.548. The quantitative estimate of drug-likeness (QED) is 0.871. The van der Waals surface area contributed by atoms with E-state index in [1.54, 1.807) is 0 Å². The van der Waals surface area contributed by atoms with Crippen LogP contribution in [0.15, 0.2) is 0 Å². The second kappa shape index (κ2) is 7.69. The molecular formula is C16H29N5. The summed E-state index contributed by atoms with van der Waals surface area (Å²) in [5.74, 6) is 1.48. The Labute approximate surface area is 128 Å². The summed E-state index contributed by atoms with van der Waals surface area (Å²) in [5, 5.41) is 12.3. The molecule has 2 unspecified atom stereocenters. The summed E-state index contributed by atoms with van der Waals surface area (Å²) in [6, 6.07) is 0.548. The van der Waals surface area contributed by atoms with Crippen LogP contribution >= 0.6 is 0 Å². The normalized spacial score (nSPS) is 20.6. The van der Waals surface area contributed by atoms with E-state index < -0.39 is 0 Å². The summed E-state index contributed by atoms with van der Waals surface area (Å²) < 4.78 is 0. The van der Waals surface area contributed by atoms with Crippen molar-refractivity contribution in [3.05, 3.63) is 11.4 Å². The van der Waals surface area contributed by atoms with Gasteiger partial charge in [0.2, 0.25) is 5.95 Å². The van der Waals surface area contributed by atoms with E-state index in [1.807, 2.05) is 0 Å². The Morgan fingerprint density at radius 3 is 2.62 bits per heavy atom. The van der Waals surface area contributed by atoms with Crippen molar-refractivity contribution >= 4 is 5.95 Å². The smallest absolute Gasteiger partial charge is 0.245 e. The molecule has 5 nitrogen and oxygen atoms in total. The van der Waals surface area contributed by atoms with E-state index in [0.29, 0.717) is 12.0 Å². The predicted molar refractivity (Wildman–Crippen MR) is 86.7 cm³/mol. The minimum atomic E-state index is 0.548. The van der Waals surface area contributed by atoms with E-state index in [0.717, 1.165) is 49.8 Å². The first kappa shape index (κ1) is 16.1. The molecular weight excluding hydrogens is 262 g/mol. The molecule has 2 heterocycles. The minimum Gasteiger partial charge on any atom is -0.339 e. The van der Waals surface area contributed by atoms with Gasteiger partial charge in [-0.2, -0.15) is 5.10 Å². The van der Waals surface area contributed by atoms with Gasteiger partial charge >= 0.3 is 0 Å². The second-order valence-corrected chi connectivity index (χ2v) is 5.91. The first-order valence-corrected chi connectivity index (χ1v) is 8.40. The highest BCUT2D eigenvalue weighted by Gasteiger charge is 2.26. The number of rotatable bonds is 6. The van der Waals surface area contributed by atoms with E-state index in [9.17, 15) is 0 Å². The fourth-order valence-electron chi connectivity index (χ4n) is 3.15. The summed E-state index contributed by atoms with van der Waals surface area (Å²) in [7, 11) is 0. The molecule has 0 amide bonds. The van der Waals surface area contributed by atoms with Gasteiger partial charge in [-0.3, -0.25) is 0 Å². The number of piperidine rings is 1. The van der Waals surface area contributed by atoms with Gasteiger partial charge in [0.05, 0.1) is 11.4 Å². The van der Waals surface area contributed by atoms with Crippen LogP contribution in [-0.2, 0) is 12.8 Å². The molecule has 1 fully saturated rings. The van der Waals surface area contributed by atoms with E-state index in [-0.39, 0.29) is 0 Å². The lowest BCUT2D eigenvalue weighted by Crippen LogP contribution is -2.45. The maximum Gasteiger partial charge on any atom is 0.245 e. The van der Waals surface area contributed by atoms with Crippen LogP contribution < -0.4 is 10.2 Å². The third-order valence-electron chi connectivity index (χ3n) is 4.47. The van der Waals surface area contributed by atoms with Gasteiger partial charge in [-0.1, -0.05) is 20.8 Å². The molecule has 1 aromatic rings. The third kappa shape index (κ3) is 3.90. The Morgan fingerprint density at radius 1 is 1.19 bits per heavy atom. The van der Waals surface area contributed by atoms with Gasteiger partial charge in [-0.05, 0) is 45.1 Å². The second-order valence-electron chi connectivity index (χ2n) is 5.91. The first-order valence-electron chi connectivity index (χ1n) is 8.40. The van der Waals surface area contributed by atoms with Crippen LogP contribution in [0.5, 0.6) is 0 Å². The standard InChI is InChI=1S/C16H29N5/c1-5-14-15(6-2)19-20-16(18-14)21-10-8-9-13(11-21)12(4)17-7-3/h12-13,17H,5-11H2,1-4H3. The highest BCUT2D eigenvalue weighted by Crippen LogP contribution is 2.23. The zero-order chi connectivity index (χ0) is 15.2. The molecule has 1 saturated heterocycles. The number of nitrogens with zero attached hydrogens (tertiary/aromatic N) is 4. The van der Waals surface area contributed by atoms with Crippen molar-refractivity contribution in [1.82, 2.24) is 20.5 Å². The fraction of sp³-hybridized carbons (Fsp3) is 0.812. The van der Waals surface area contributed by atoms with Crippen LogP contribution in [-0.4, -0.2) is 40.9 Å². The summed E-state index contributed by atoms with van der Waals surface area (Å²) in [5.41, 5.74) is 2.14. The average Bonchev–Trinajstić information content (AvgIpc) is 2.54. The first-order chi connectivity index (χ1) is 10.2. The van der Waals surface area contributed by atoms with Gasteiger partial charge < -0.3 is 10.2 Å². The molecule has 21 heavy (non-hydrogen) atoms. The van der Waals surface area contributed by atoms with Crippen molar-refractivity contribution in [1.29, 1.82) is 0 Å². The Balaban J connectivity index is 2.10. The summed E-state index contributed by atoms with van der Waals surface area (Å²) in [4.78, 5) is 7.07. The van der Waals surface area contributed by atoms with Gasteiger partial charge in [0.25, 0.3) is 0 Å². The molecule has 1 aliphatic heterocycles. The zero-order valence-corrected chi connectivity index (χ0v) is 13.9. The summed E-state index contributed by atoms with van der Waals surface area (Å²) in [6.07, 6.45) is 4.33. The van der Waals surface area contributed by atoms with Crippen LogP contribution in [0.25, 0.3) is 0 Å². The Bertz CT molecular complexity index is 448. The molecule has 0 aliphatic carbocycles. The van der Waals surface area contributed by atoms with Crippen molar-refractivity contribution in [2.75, 3.05) is 24.5 Å². The maximum absolute atomic E-state index is 4.76. The lowest BCUT2D eigenvalue weighted by molar-refractivity contribution is 0.322. The molecule has 0 bridgehead atoms. The Hall–Kier alpha value is -1.23. The van der Waals surface area contributed by atoms with Crippen LogP contribution in [0.3, 0.4) is 0 Å². The van der Waals surface area contributed by atoms with Gasteiger partial charge in [0, 0.05) is 19.1 Å². The SMILES string of the molecule is CCNC(C)C1CCCN(c2nnc(CC)c(CC)n2)C1. The average molecular weight is 291 g/mol. The maximum atomic E-state index is 4.76. The van der Waals surface area contributed by atoms with Gasteiger partial charge in [0.15, 0.2) is 0 Å². The van der Waals surface area contributed by atoms with Crippen LogP contribution in [0.4, 0.5) is 5.95 Å². The van der Waals surface area contributed by atoms with Crippen molar-refractivity contribution in [3.63, 3.8) is 0 Å². The van der Waals surface area contributed by atoms with Crippen LogP contribution in [0, 0.1) is 5.92 Å². The number of aryl methyl sites for hydroxylation is 2. The van der Waals surface area contributed by atoms with Crippen LogP contribution in [0.1, 0.15) is 51.9 Å². The molecule has 1 aliphatic rings. The molecule has 0 radical (unpaired) electrons. The van der Waals surface area contributed by atoms with Gasteiger partial charge in [0.1, 0.15) is 0 Å². The molecule has 118 valence electrons. The van der Waals surface area contributed by atoms with Crippen molar-refractivity contribution in [3.8, 4) is 0 Å². The number of nitrogens with one attached hydrogen (secondary N) is 1. The third-order valence-corrected chi connectivity index (χ3v) is 4.47. The van der Waals surface area contributed by atoms with Crippen molar-refractivity contribution in [2.24, 2.45) is 5.92 Å². The van der Waals surface area contributed by atoms with E-state index >= 15 is 0 Å². The van der Waals surface area contributed by atoms with E-state index in [4.69, 9.17) is 4.98 Å². The number of hydrogen-bond acceptors (Lipinski definition) is 5. The lowest BCUT2D eigenvalue weighted by Gasteiger charge is -2.36. The topological polar surface area (TPSA) is 53.9 Å². The zero-order valence-electron chi connectivity index (χ0n) is 13.9. The van der Waals surface area contributed by atoms with Crippen molar-refractivity contribution in [2.45, 2.75) is 59.4 Å². The van der Waals surface area contributed by atoms with Gasteiger partial charge in [-0.25, -0.2) is 4.98 Å². The summed E-state index contributed by atoms with van der Waals surface area (Å²) in [6.45, 7) is 11.8. The monoisotopic (exact) mass is 291 g/mol. The van der Waals surface area contributed by atoms with Crippen LogP contribution in [0.2, 0.25) is 0 Å². The highest BCUT2D eigenvalue weighted by molar-refractivity contribution is 5.31. The summed E-state index contributed by atoms with van der Waals surface area (Å²) >= 11 is 0. The molecule has 1 N–H and O–H groups in total. The largest absolute Gasteiger partial charge is 0.339 e. The Kier molecular flexibility index (Phi) is 5.91. The molecule has 5 heteroatoms. The van der Waals surface area contributed by atoms with Gasteiger partial charge in [-0.15, -0.1) is 5.10 Å². The number of aromatic nitrogens is 3.